The van der Waals surface area contributed by atoms with Gasteiger partial charge in [0.1, 0.15) is 0 Å². The molecule has 2 heteroatoms. The first-order chi connectivity index (χ1) is 5.77. The van der Waals surface area contributed by atoms with Crippen LogP contribution in [-0.4, -0.2) is 12.3 Å². The van der Waals surface area contributed by atoms with E-state index >= 15 is 0 Å². The molecule has 12 heavy (non-hydrogen) atoms. The summed E-state index contributed by atoms with van der Waals surface area (Å²) in [5.74, 6) is 0. The van der Waals surface area contributed by atoms with Crippen LogP contribution >= 0.6 is 11.6 Å². The van der Waals surface area contributed by atoms with Crippen LogP contribution in [0.25, 0.3) is 0 Å². The van der Waals surface area contributed by atoms with E-state index in [0.29, 0.717) is 0 Å². The monoisotopic (exact) mass is 179 g/mol. The molecular weight excluding hydrogens is 170 g/mol. The van der Waals surface area contributed by atoms with E-state index in [9.17, 15) is 0 Å². The number of hydrogen-bond acceptors (Lipinski definition) is 1. The molecular formula is C10H10ClN. The normalized spacial score (nSPS) is 15.3. The van der Waals surface area contributed by atoms with Crippen molar-refractivity contribution in [2.75, 3.05) is 6.54 Å². The number of halogens is 1. The number of aliphatic imine (C=N–C) groups is 1. The van der Waals surface area contributed by atoms with Gasteiger partial charge < -0.3 is 0 Å². The first-order valence-electron chi connectivity index (χ1n) is 4.07. The van der Waals surface area contributed by atoms with E-state index in [2.05, 4.69) is 11.1 Å². The van der Waals surface area contributed by atoms with Crippen LogP contribution in [0, 0.1) is 0 Å². The summed E-state index contributed by atoms with van der Waals surface area (Å²) < 4.78 is 0. The van der Waals surface area contributed by atoms with E-state index in [1.807, 2.05) is 19.1 Å². The lowest BCUT2D eigenvalue weighted by Crippen LogP contribution is -2.09. The maximum absolute atomic E-state index is 5.88. The molecule has 0 amide bonds. The third-order valence-electron chi connectivity index (χ3n) is 2.19. The average Bonchev–Trinajstić information content (AvgIpc) is 2.04. The van der Waals surface area contributed by atoms with Crippen molar-refractivity contribution in [3.8, 4) is 0 Å². The maximum Gasteiger partial charge on any atom is 0.0433 e. The molecule has 2 rings (SSSR count). The Kier molecular flexibility index (Phi) is 1.89. The highest BCUT2D eigenvalue weighted by Gasteiger charge is 2.09. The third kappa shape index (κ3) is 1.25. The quantitative estimate of drug-likeness (QED) is 0.581. The van der Waals surface area contributed by atoms with E-state index in [4.69, 9.17) is 11.6 Å². The number of rotatable bonds is 0. The Labute approximate surface area is 77.1 Å². The van der Waals surface area contributed by atoms with Gasteiger partial charge in [0.05, 0.1) is 0 Å². The van der Waals surface area contributed by atoms with Crippen molar-refractivity contribution < 1.29 is 0 Å². The lowest BCUT2D eigenvalue weighted by Gasteiger charge is -2.13. The van der Waals surface area contributed by atoms with Crippen molar-refractivity contribution in [1.82, 2.24) is 0 Å². The Morgan fingerprint density at radius 3 is 3.08 bits per heavy atom. The molecule has 0 unspecified atom stereocenters. The highest BCUT2D eigenvalue weighted by Crippen LogP contribution is 2.20. The van der Waals surface area contributed by atoms with Gasteiger partial charge in [0.2, 0.25) is 0 Å². The zero-order valence-corrected chi connectivity index (χ0v) is 7.73. The Morgan fingerprint density at radius 1 is 1.42 bits per heavy atom. The summed E-state index contributed by atoms with van der Waals surface area (Å²) >= 11 is 5.88. The predicted octanol–water partition coefficient (Wildman–Crippen LogP) is 2.71. The van der Waals surface area contributed by atoms with Gasteiger partial charge in [-0.1, -0.05) is 17.7 Å². The highest BCUT2D eigenvalue weighted by molar-refractivity contribution is 6.30. The zero-order chi connectivity index (χ0) is 8.55. The fourth-order valence-corrected chi connectivity index (χ4v) is 1.75. The summed E-state index contributed by atoms with van der Waals surface area (Å²) in [5.41, 5.74) is 3.72. The molecule has 0 bridgehead atoms. The van der Waals surface area contributed by atoms with E-state index < -0.39 is 0 Å². The molecule has 0 spiro atoms. The van der Waals surface area contributed by atoms with Gasteiger partial charge in [0.15, 0.2) is 0 Å². The molecule has 0 saturated carbocycles. The Morgan fingerprint density at radius 2 is 2.25 bits per heavy atom. The van der Waals surface area contributed by atoms with E-state index in [-0.39, 0.29) is 0 Å². The standard InChI is InChI=1S/C10H10ClN/c1-7-10-3-2-9(11)6-8(10)4-5-12-7/h2-3,6H,4-5H2,1H3. The van der Waals surface area contributed by atoms with Gasteiger partial charge in [0, 0.05) is 17.3 Å². The van der Waals surface area contributed by atoms with E-state index in [0.717, 1.165) is 23.7 Å². The number of hydrogen-bond donors (Lipinski definition) is 0. The molecule has 1 aromatic rings. The van der Waals surface area contributed by atoms with Gasteiger partial charge in [-0.05, 0) is 36.6 Å². The molecule has 0 N–H and O–H groups in total. The van der Waals surface area contributed by atoms with Gasteiger partial charge in [-0.2, -0.15) is 0 Å². The summed E-state index contributed by atoms with van der Waals surface area (Å²) in [5, 5.41) is 0.823. The molecule has 0 saturated heterocycles. The molecule has 0 atom stereocenters. The molecule has 1 heterocycles. The number of nitrogens with zero attached hydrogens (tertiary/aromatic N) is 1. The van der Waals surface area contributed by atoms with Crippen LogP contribution < -0.4 is 0 Å². The largest absolute Gasteiger partial charge is 0.289 e. The van der Waals surface area contributed by atoms with Crippen molar-refractivity contribution in [2.45, 2.75) is 13.3 Å². The summed E-state index contributed by atoms with van der Waals surface area (Å²) in [6, 6.07) is 6.01. The molecule has 1 nitrogen and oxygen atoms in total. The second-order valence-electron chi connectivity index (χ2n) is 3.02. The average molecular weight is 180 g/mol. The van der Waals surface area contributed by atoms with Gasteiger partial charge in [0.25, 0.3) is 0 Å². The Hall–Kier alpha value is -0.820. The van der Waals surface area contributed by atoms with Crippen LogP contribution in [0.3, 0.4) is 0 Å². The molecule has 0 aliphatic carbocycles. The van der Waals surface area contributed by atoms with Crippen molar-refractivity contribution in [3.05, 3.63) is 34.3 Å². The number of fused-ring (bicyclic) bond motifs is 1. The van der Waals surface area contributed by atoms with Crippen LogP contribution in [0.5, 0.6) is 0 Å². The Balaban J connectivity index is 2.56. The smallest absolute Gasteiger partial charge is 0.0433 e. The van der Waals surface area contributed by atoms with Gasteiger partial charge in [-0.15, -0.1) is 0 Å². The fourth-order valence-electron chi connectivity index (χ4n) is 1.55. The Bertz CT molecular complexity index is 342. The second kappa shape index (κ2) is 2.91. The lowest BCUT2D eigenvalue weighted by molar-refractivity contribution is 0.942. The topological polar surface area (TPSA) is 12.4 Å². The minimum absolute atomic E-state index is 0.823. The van der Waals surface area contributed by atoms with Crippen molar-refractivity contribution in [3.63, 3.8) is 0 Å². The van der Waals surface area contributed by atoms with Crippen molar-refractivity contribution >= 4 is 17.3 Å². The molecule has 0 fully saturated rings. The van der Waals surface area contributed by atoms with Crippen LogP contribution in [0.1, 0.15) is 18.1 Å². The molecule has 62 valence electrons. The van der Waals surface area contributed by atoms with Crippen LogP contribution in [0.2, 0.25) is 5.02 Å². The summed E-state index contributed by atoms with van der Waals surface area (Å²) in [7, 11) is 0. The minimum Gasteiger partial charge on any atom is -0.289 e. The van der Waals surface area contributed by atoms with Gasteiger partial charge in [-0.3, -0.25) is 4.99 Å². The van der Waals surface area contributed by atoms with E-state index in [1.165, 1.54) is 11.1 Å². The molecule has 0 aromatic heterocycles. The van der Waals surface area contributed by atoms with E-state index in [1.54, 1.807) is 0 Å². The van der Waals surface area contributed by atoms with Crippen molar-refractivity contribution in [2.24, 2.45) is 4.99 Å². The van der Waals surface area contributed by atoms with Crippen LogP contribution in [0.4, 0.5) is 0 Å². The van der Waals surface area contributed by atoms with Gasteiger partial charge >= 0.3 is 0 Å². The molecule has 0 radical (unpaired) electrons. The van der Waals surface area contributed by atoms with Gasteiger partial charge in [-0.25, -0.2) is 0 Å². The zero-order valence-electron chi connectivity index (χ0n) is 6.97. The molecule has 1 aliphatic rings. The predicted molar refractivity (Wildman–Crippen MR) is 52.2 cm³/mol. The summed E-state index contributed by atoms with van der Waals surface area (Å²) in [6.07, 6.45) is 1.02. The molecule has 1 aromatic carbocycles. The SMILES string of the molecule is CC1=NCCc2cc(Cl)ccc21. The summed E-state index contributed by atoms with van der Waals surface area (Å²) in [6.45, 7) is 2.95. The first kappa shape index (κ1) is 7.81. The maximum atomic E-state index is 5.88. The minimum atomic E-state index is 0.823. The van der Waals surface area contributed by atoms with Crippen LogP contribution in [-0.2, 0) is 6.42 Å². The summed E-state index contributed by atoms with van der Waals surface area (Å²) in [4.78, 5) is 4.37. The number of benzene rings is 1. The molecule has 1 aliphatic heterocycles. The first-order valence-corrected chi connectivity index (χ1v) is 4.45. The van der Waals surface area contributed by atoms with Crippen LogP contribution in [0.15, 0.2) is 23.2 Å². The highest BCUT2D eigenvalue weighted by atomic mass is 35.5. The second-order valence-corrected chi connectivity index (χ2v) is 3.46. The lowest BCUT2D eigenvalue weighted by atomic mass is 9.99. The third-order valence-corrected chi connectivity index (χ3v) is 2.42. The fraction of sp³-hybridized carbons (Fsp3) is 0.300. The van der Waals surface area contributed by atoms with Crippen molar-refractivity contribution in [1.29, 1.82) is 0 Å².